The number of carbonyl (C=O) groups is 1. The number of ether oxygens (including phenoxy) is 2. The highest BCUT2D eigenvalue weighted by Gasteiger charge is 2.18. The van der Waals surface area contributed by atoms with Crippen molar-refractivity contribution in [3.05, 3.63) is 22.7 Å². The average Bonchev–Trinajstić information content (AvgIpc) is 2.47. The van der Waals surface area contributed by atoms with Gasteiger partial charge in [-0.25, -0.2) is 0 Å². The molecule has 0 aromatic heterocycles. The van der Waals surface area contributed by atoms with E-state index >= 15 is 0 Å². The molecule has 5 nitrogen and oxygen atoms in total. The molecule has 0 aliphatic carbocycles. The summed E-state index contributed by atoms with van der Waals surface area (Å²) in [6.45, 7) is 1.28. The number of amides is 1. The molecule has 1 heterocycles. The monoisotopic (exact) mass is 298 g/mol. The fourth-order valence-corrected chi connectivity index (χ4v) is 2.53. The Kier molecular flexibility index (Phi) is 5.09. The van der Waals surface area contributed by atoms with Crippen LogP contribution in [0.1, 0.15) is 18.4 Å². The van der Waals surface area contributed by atoms with E-state index < -0.39 is 0 Å². The number of halogens is 1. The minimum Gasteiger partial charge on any atom is -0.493 e. The highest BCUT2D eigenvalue weighted by atomic mass is 35.5. The number of hydrogen-bond donors (Lipinski definition) is 2. The maximum Gasteiger partial charge on any atom is 0.220 e. The zero-order valence-electron chi connectivity index (χ0n) is 11.7. The highest BCUT2D eigenvalue weighted by molar-refractivity contribution is 6.33. The van der Waals surface area contributed by atoms with Gasteiger partial charge in [0.15, 0.2) is 11.5 Å². The van der Waals surface area contributed by atoms with Crippen molar-refractivity contribution in [1.82, 2.24) is 10.6 Å². The highest BCUT2D eigenvalue weighted by Crippen LogP contribution is 2.37. The van der Waals surface area contributed by atoms with Gasteiger partial charge >= 0.3 is 0 Å². The minimum atomic E-state index is 0.118. The van der Waals surface area contributed by atoms with E-state index in [2.05, 4.69) is 10.6 Å². The largest absolute Gasteiger partial charge is 0.493 e. The van der Waals surface area contributed by atoms with E-state index in [0.717, 1.165) is 12.0 Å². The molecule has 0 bridgehead atoms. The van der Waals surface area contributed by atoms with Crippen LogP contribution in [0.4, 0.5) is 0 Å². The van der Waals surface area contributed by atoms with Crippen LogP contribution in [0.15, 0.2) is 12.1 Å². The van der Waals surface area contributed by atoms with Crippen molar-refractivity contribution in [3.8, 4) is 11.5 Å². The third-order valence-electron chi connectivity index (χ3n) is 3.41. The van der Waals surface area contributed by atoms with Gasteiger partial charge < -0.3 is 20.1 Å². The molecule has 6 heteroatoms. The van der Waals surface area contributed by atoms with Crippen molar-refractivity contribution in [2.45, 2.75) is 25.4 Å². The number of rotatable bonds is 5. The van der Waals surface area contributed by atoms with Crippen LogP contribution in [-0.2, 0) is 11.3 Å². The van der Waals surface area contributed by atoms with E-state index in [0.29, 0.717) is 36.0 Å². The zero-order chi connectivity index (χ0) is 14.5. The molecule has 20 heavy (non-hydrogen) atoms. The molecule has 110 valence electrons. The first-order valence-electron chi connectivity index (χ1n) is 6.55. The van der Waals surface area contributed by atoms with Crippen LogP contribution in [-0.4, -0.2) is 32.7 Å². The second kappa shape index (κ2) is 6.81. The molecule has 1 saturated heterocycles. The van der Waals surface area contributed by atoms with Crippen LogP contribution in [0.25, 0.3) is 0 Å². The summed E-state index contributed by atoms with van der Waals surface area (Å²) in [6, 6.07) is 4.03. The van der Waals surface area contributed by atoms with Gasteiger partial charge in [-0.2, -0.15) is 0 Å². The lowest BCUT2D eigenvalue weighted by Gasteiger charge is -2.24. The topological polar surface area (TPSA) is 59.6 Å². The summed E-state index contributed by atoms with van der Waals surface area (Å²) < 4.78 is 10.5. The number of carbonyl (C=O) groups excluding carboxylic acids is 1. The molecule has 1 unspecified atom stereocenters. The lowest BCUT2D eigenvalue weighted by atomic mass is 10.1. The van der Waals surface area contributed by atoms with Gasteiger partial charge in [-0.05, 0) is 18.1 Å². The molecule has 1 atom stereocenters. The van der Waals surface area contributed by atoms with Crippen LogP contribution in [0.2, 0.25) is 5.02 Å². The Morgan fingerprint density at radius 3 is 2.80 bits per heavy atom. The van der Waals surface area contributed by atoms with Gasteiger partial charge in [-0.1, -0.05) is 17.7 Å². The van der Waals surface area contributed by atoms with E-state index in [9.17, 15) is 4.79 Å². The fraction of sp³-hybridized carbons (Fsp3) is 0.500. The summed E-state index contributed by atoms with van der Waals surface area (Å²) >= 11 is 6.32. The van der Waals surface area contributed by atoms with Gasteiger partial charge in [0.1, 0.15) is 0 Å². The summed E-state index contributed by atoms with van der Waals surface area (Å²) in [5, 5.41) is 6.79. The molecule has 0 saturated carbocycles. The first-order chi connectivity index (χ1) is 9.65. The van der Waals surface area contributed by atoms with Gasteiger partial charge in [-0.15, -0.1) is 0 Å². The lowest BCUT2D eigenvalue weighted by Crippen LogP contribution is -2.45. The van der Waals surface area contributed by atoms with E-state index in [-0.39, 0.29) is 11.9 Å². The molecule has 1 aliphatic heterocycles. The smallest absolute Gasteiger partial charge is 0.220 e. The van der Waals surface area contributed by atoms with E-state index in [1.165, 1.54) is 0 Å². The third kappa shape index (κ3) is 3.35. The summed E-state index contributed by atoms with van der Waals surface area (Å²) in [5.41, 5.74) is 0.946. The van der Waals surface area contributed by atoms with E-state index in [4.69, 9.17) is 21.1 Å². The van der Waals surface area contributed by atoms with Gasteiger partial charge in [0.25, 0.3) is 0 Å². The Balaban J connectivity index is 2.01. The maximum atomic E-state index is 11.1. The quantitative estimate of drug-likeness (QED) is 0.869. The number of hydrogen-bond acceptors (Lipinski definition) is 4. The predicted molar refractivity (Wildman–Crippen MR) is 77.4 cm³/mol. The molecule has 1 amide bonds. The Morgan fingerprint density at radius 1 is 1.40 bits per heavy atom. The second-order valence-electron chi connectivity index (χ2n) is 4.69. The van der Waals surface area contributed by atoms with Crippen LogP contribution in [0.5, 0.6) is 11.5 Å². The van der Waals surface area contributed by atoms with Crippen LogP contribution < -0.4 is 20.1 Å². The molecule has 0 radical (unpaired) electrons. The molecule has 1 aliphatic rings. The second-order valence-corrected chi connectivity index (χ2v) is 5.07. The van der Waals surface area contributed by atoms with Crippen LogP contribution in [0.3, 0.4) is 0 Å². The molecule has 1 fully saturated rings. The summed E-state index contributed by atoms with van der Waals surface area (Å²) in [7, 11) is 3.15. The summed E-state index contributed by atoms with van der Waals surface area (Å²) in [5.74, 6) is 1.28. The van der Waals surface area contributed by atoms with Crippen molar-refractivity contribution in [2.75, 3.05) is 20.8 Å². The Bertz CT molecular complexity index is 484. The molecule has 1 aromatic rings. The zero-order valence-corrected chi connectivity index (χ0v) is 12.4. The predicted octanol–water partition coefficient (Wildman–Crippen LogP) is 1.73. The van der Waals surface area contributed by atoms with Crippen molar-refractivity contribution >= 4 is 17.5 Å². The molecule has 2 N–H and O–H groups in total. The molecular formula is C14H19ClN2O3. The Labute approximate surface area is 123 Å². The van der Waals surface area contributed by atoms with Gasteiger partial charge in [0.05, 0.1) is 19.2 Å². The summed E-state index contributed by atoms with van der Waals surface area (Å²) in [4.78, 5) is 11.1. The molecular weight excluding hydrogens is 280 g/mol. The standard InChI is InChI=1S/C14H19ClN2O3/c1-19-11-5-3-9(13(15)14(11)20-2)7-16-10-4-6-12(18)17-8-10/h3,5,10,16H,4,6-8H2,1-2H3,(H,17,18). The van der Waals surface area contributed by atoms with Crippen molar-refractivity contribution in [2.24, 2.45) is 0 Å². The van der Waals surface area contributed by atoms with Crippen molar-refractivity contribution < 1.29 is 14.3 Å². The van der Waals surface area contributed by atoms with Crippen LogP contribution in [0, 0.1) is 0 Å². The molecule has 1 aromatic carbocycles. The van der Waals surface area contributed by atoms with Crippen molar-refractivity contribution in [1.29, 1.82) is 0 Å². The lowest BCUT2D eigenvalue weighted by molar-refractivity contribution is -0.122. The minimum absolute atomic E-state index is 0.118. The fourth-order valence-electron chi connectivity index (χ4n) is 2.23. The third-order valence-corrected chi connectivity index (χ3v) is 3.83. The van der Waals surface area contributed by atoms with E-state index in [1.807, 2.05) is 12.1 Å². The normalized spacial score (nSPS) is 18.6. The van der Waals surface area contributed by atoms with E-state index in [1.54, 1.807) is 14.2 Å². The van der Waals surface area contributed by atoms with Gasteiger partial charge in [0.2, 0.25) is 5.91 Å². The molecule has 0 spiro atoms. The number of piperidine rings is 1. The number of nitrogens with one attached hydrogen (secondary N) is 2. The number of methoxy groups -OCH3 is 2. The van der Waals surface area contributed by atoms with Crippen LogP contribution >= 0.6 is 11.6 Å². The Hall–Kier alpha value is -1.46. The SMILES string of the molecule is COc1ccc(CNC2CCC(=O)NC2)c(Cl)c1OC. The first kappa shape index (κ1) is 14.9. The first-order valence-corrected chi connectivity index (χ1v) is 6.93. The molecule has 2 rings (SSSR count). The average molecular weight is 299 g/mol. The van der Waals surface area contributed by atoms with Crippen molar-refractivity contribution in [3.63, 3.8) is 0 Å². The van der Waals surface area contributed by atoms with Gasteiger partial charge in [-0.3, -0.25) is 4.79 Å². The Morgan fingerprint density at radius 2 is 2.20 bits per heavy atom. The maximum absolute atomic E-state index is 11.1. The number of benzene rings is 1. The van der Waals surface area contributed by atoms with Gasteiger partial charge in [0, 0.05) is 25.6 Å². The summed E-state index contributed by atoms with van der Waals surface area (Å²) in [6.07, 6.45) is 1.41.